The lowest BCUT2D eigenvalue weighted by Crippen LogP contribution is -2.07. The lowest BCUT2D eigenvalue weighted by molar-refractivity contribution is 0.899. The molecule has 0 aliphatic rings. The van der Waals surface area contributed by atoms with Crippen molar-refractivity contribution in [2.45, 2.75) is 18.9 Å². The van der Waals surface area contributed by atoms with Crippen LogP contribution in [0.15, 0.2) is 30.3 Å². The molecule has 3 radical (unpaired) electrons. The van der Waals surface area contributed by atoms with Crippen LogP contribution in [0.1, 0.15) is 13.8 Å². The standard InChI is InChI=1S/C10H11Si2/c1-10(2,11)8-12-9-6-4-3-5-7-9/h3-7H,1-2H3. The number of rotatable bonds is 0. The van der Waals surface area contributed by atoms with Crippen LogP contribution in [0.2, 0.25) is 5.04 Å². The Balaban J connectivity index is 2.81. The van der Waals surface area contributed by atoms with E-state index in [1.54, 1.807) is 0 Å². The van der Waals surface area contributed by atoms with E-state index in [0.29, 0.717) is 8.96 Å². The van der Waals surface area contributed by atoms with E-state index >= 15 is 0 Å². The van der Waals surface area contributed by atoms with E-state index in [9.17, 15) is 0 Å². The van der Waals surface area contributed by atoms with Crippen LogP contribution in [0.25, 0.3) is 0 Å². The Morgan fingerprint density at radius 1 is 1.25 bits per heavy atom. The third-order valence-electron chi connectivity index (χ3n) is 1.29. The van der Waals surface area contributed by atoms with E-state index in [1.807, 2.05) is 6.07 Å². The Morgan fingerprint density at radius 3 is 2.33 bits per heavy atom. The summed E-state index contributed by atoms with van der Waals surface area (Å²) >= 11 is 0. The van der Waals surface area contributed by atoms with Gasteiger partial charge in [0.1, 0.15) is 0 Å². The minimum atomic E-state index is 0.0221. The van der Waals surface area contributed by atoms with Gasteiger partial charge in [-0.3, -0.25) is 0 Å². The Morgan fingerprint density at radius 2 is 1.83 bits per heavy atom. The zero-order chi connectivity index (χ0) is 9.03. The summed E-state index contributed by atoms with van der Waals surface area (Å²) < 4.78 is 0. The fourth-order valence-electron chi connectivity index (χ4n) is 0.750. The predicted octanol–water partition coefficient (Wildman–Crippen LogP) is 1.34. The van der Waals surface area contributed by atoms with Crippen LogP contribution >= 0.6 is 0 Å². The van der Waals surface area contributed by atoms with Gasteiger partial charge in [0.2, 0.25) is 0 Å². The normalized spacial score (nSPS) is 10.2. The fourth-order valence-corrected chi connectivity index (χ4v) is 1.75. The highest BCUT2D eigenvalue weighted by Gasteiger charge is 2.02. The van der Waals surface area contributed by atoms with Gasteiger partial charge in [-0.1, -0.05) is 44.2 Å². The van der Waals surface area contributed by atoms with Crippen LogP contribution in [0, 0.1) is 5.50 Å². The highest BCUT2D eigenvalue weighted by atomic mass is 28.2. The van der Waals surface area contributed by atoms with Crippen LogP contribution in [0.4, 0.5) is 0 Å². The molecule has 0 nitrogen and oxygen atoms in total. The summed E-state index contributed by atoms with van der Waals surface area (Å²) in [6.07, 6.45) is 0. The first kappa shape index (κ1) is 9.52. The summed E-state index contributed by atoms with van der Waals surface area (Å²) in [5.41, 5.74) is 3.38. The van der Waals surface area contributed by atoms with Gasteiger partial charge in [0.05, 0.1) is 0 Å². The van der Waals surface area contributed by atoms with E-state index in [0.717, 1.165) is 0 Å². The average molecular weight is 187 g/mol. The monoisotopic (exact) mass is 187 g/mol. The van der Waals surface area contributed by atoms with Crippen molar-refractivity contribution in [2.75, 3.05) is 0 Å². The van der Waals surface area contributed by atoms with Gasteiger partial charge in [0.15, 0.2) is 0 Å². The number of hydrogen-bond acceptors (Lipinski definition) is 0. The summed E-state index contributed by atoms with van der Waals surface area (Å²) in [6.45, 7) is 4.19. The largest absolute Gasteiger partial charge is 0.134 e. The molecule has 0 saturated carbocycles. The molecule has 1 aromatic carbocycles. The molecule has 2 heteroatoms. The molecule has 0 unspecified atom stereocenters. The molecule has 0 aliphatic carbocycles. The fraction of sp³-hybridized carbons (Fsp3) is 0.300. The van der Waals surface area contributed by atoms with Crippen LogP contribution in [0.3, 0.4) is 0 Å². The molecule has 0 aliphatic heterocycles. The maximum absolute atomic E-state index is 3.58. The van der Waals surface area contributed by atoms with Gasteiger partial charge in [-0.2, -0.15) is 0 Å². The summed E-state index contributed by atoms with van der Waals surface area (Å²) in [7, 11) is 4.24. The molecule has 1 aromatic rings. The molecular formula is C10H11Si2. The van der Waals surface area contributed by atoms with E-state index in [2.05, 4.69) is 53.9 Å². The smallest absolute Gasteiger partial charge is 0.0475 e. The molecule has 1 rings (SSSR count). The average Bonchev–Trinajstić information content (AvgIpc) is 2.02. The molecule has 59 valence electrons. The molecular weight excluding hydrogens is 176 g/mol. The van der Waals surface area contributed by atoms with Gasteiger partial charge in [-0.15, -0.1) is 5.50 Å². The Hall–Kier alpha value is -0.566. The highest BCUT2D eigenvalue weighted by molar-refractivity contribution is 6.44. The zero-order valence-corrected chi connectivity index (χ0v) is 9.39. The lowest BCUT2D eigenvalue weighted by atomic mass is 10.2. The van der Waals surface area contributed by atoms with Gasteiger partial charge in [-0.05, 0) is 5.19 Å². The second-order valence-electron chi connectivity index (χ2n) is 3.24. The summed E-state index contributed by atoms with van der Waals surface area (Å²) in [5.74, 6) is 0. The minimum Gasteiger partial charge on any atom is -0.134 e. The third-order valence-corrected chi connectivity index (χ3v) is 3.04. The lowest BCUT2D eigenvalue weighted by Gasteiger charge is -2.06. The molecule has 0 saturated heterocycles. The Labute approximate surface area is 79.5 Å². The summed E-state index contributed by atoms with van der Waals surface area (Å²) in [6, 6.07) is 10.4. The minimum absolute atomic E-state index is 0.0221. The van der Waals surface area contributed by atoms with E-state index in [1.165, 1.54) is 5.19 Å². The first-order valence-corrected chi connectivity index (χ1v) is 5.41. The van der Waals surface area contributed by atoms with Gasteiger partial charge < -0.3 is 0 Å². The molecule has 0 amide bonds. The van der Waals surface area contributed by atoms with Crippen molar-refractivity contribution >= 4 is 24.4 Å². The first-order valence-electron chi connectivity index (χ1n) is 3.91. The second kappa shape index (κ2) is 3.90. The van der Waals surface area contributed by atoms with Crippen LogP contribution in [0.5, 0.6) is 0 Å². The van der Waals surface area contributed by atoms with Gasteiger partial charge in [0.25, 0.3) is 0 Å². The molecule has 0 heterocycles. The predicted molar refractivity (Wildman–Crippen MR) is 55.5 cm³/mol. The van der Waals surface area contributed by atoms with Gasteiger partial charge in [0, 0.05) is 24.2 Å². The second-order valence-corrected chi connectivity index (χ2v) is 5.57. The maximum Gasteiger partial charge on any atom is 0.0475 e. The number of benzene rings is 1. The van der Waals surface area contributed by atoms with Crippen LogP contribution in [-0.4, -0.2) is 19.2 Å². The first-order chi connectivity index (χ1) is 5.58. The van der Waals surface area contributed by atoms with Crippen molar-refractivity contribution in [2.24, 2.45) is 0 Å². The van der Waals surface area contributed by atoms with E-state index in [-0.39, 0.29) is 5.04 Å². The van der Waals surface area contributed by atoms with Crippen LogP contribution < -0.4 is 5.19 Å². The quantitative estimate of drug-likeness (QED) is 0.538. The van der Waals surface area contributed by atoms with Crippen LogP contribution in [-0.2, 0) is 0 Å². The SMILES string of the molecule is CC(C)([Si])C#[Si]c1ccccc1. The van der Waals surface area contributed by atoms with Gasteiger partial charge >= 0.3 is 0 Å². The Bertz CT molecular complexity index is 298. The van der Waals surface area contributed by atoms with Crippen molar-refractivity contribution in [1.29, 1.82) is 0 Å². The molecule has 0 atom stereocenters. The number of hydrogen-bond donors (Lipinski definition) is 0. The molecule has 0 bridgehead atoms. The zero-order valence-electron chi connectivity index (χ0n) is 7.39. The highest BCUT2D eigenvalue weighted by Crippen LogP contribution is 2.13. The van der Waals surface area contributed by atoms with Crippen molar-refractivity contribution in [3.8, 4) is 5.50 Å². The van der Waals surface area contributed by atoms with E-state index < -0.39 is 0 Å². The molecule has 12 heavy (non-hydrogen) atoms. The Kier molecular flexibility index (Phi) is 3.09. The topological polar surface area (TPSA) is 0 Å². The summed E-state index contributed by atoms with van der Waals surface area (Å²) in [5, 5.41) is 1.36. The summed E-state index contributed by atoms with van der Waals surface area (Å²) in [4.78, 5) is 0. The molecule has 0 spiro atoms. The maximum atomic E-state index is 3.58. The van der Waals surface area contributed by atoms with Crippen molar-refractivity contribution in [3.05, 3.63) is 30.3 Å². The van der Waals surface area contributed by atoms with Gasteiger partial charge in [-0.25, -0.2) is 0 Å². The third kappa shape index (κ3) is 3.72. The van der Waals surface area contributed by atoms with Crippen molar-refractivity contribution < 1.29 is 0 Å². The molecule has 0 fully saturated rings. The molecule has 0 N–H and O–H groups in total. The van der Waals surface area contributed by atoms with E-state index in [4.69, 9.17) is 0 Å². The molecule has 0 aromatic heterocycles. The van der Waals surface area contributed by atoms with Crippen molar-refractivity contribution in [1.82, 2.24) is 0 Å². The van der Waals surface area contributed by atoms with Crippen molar-refractivity contribution in [3.63, 3.8) is 0 Å².